The molecule has 5 nitrogen and oxygen atoms in total. The minimum Gasteiger partial charge on any atom is -0.264 e. The lowest BCUT2D eigenvalue weighted by Gasteiger charge is -2.34. The molecule has 4 rings (SSSR count). The van der Waals surface area contributed by atoms with Crippen molar-refractivity contribution in [2.75, 3.05) is 16.7 Å². The predicted molar refractivity (Wildman–Crippen MR) is 95.6 cm³/mol. The molecule has 0 bridgehead atoms. The lowest BCUT2D eigenvalue weighted by Crippen LogP contribution is -2.48. The lowest BCUT2D eigenvalue weighted by atomic mass is 10.2. The van der Waals surface area contributed by atoms with Gasteiger partial charge in [0.05, 0.1) is 11.4 Å². The van der Waals surface area contributed by atoms with Crippen LogP contribution >= 0.6 is 0 Å². The molecule has 5 heteroatoms. The van der Waals surface area contributed by atoms with E-state index in [4.69, 9.17) is 10.5 Å². The van der Waals surface area contributed by atoms with Crippen molar-refractivity contribution in [1.29, 1.82) is 0 Å². The van der Waals surface area contributed by atoms with Crippen molar-refractivity contribution >= 4 is 17.2 Å². The van der Waals surface area contributed by atoms with Crippen LogP contribution in [0, 0.1) is 0 Å². The molecule has 0 saturated carbocycles. The van der Waals surface area contributed by atoms with Crippen molar-refractivity contribution < 1.29 is 0 Å². The molecule has 117 valence electrons. The number of para-hydroxylation sites is 2. The maximum atomic E-state index is 4.70. The summed E-state index contributed by atoms with van der Waals surface area (Å²) in [4.78, 5) is 4.18. The molecule has 0 aliphatic carbocycles. The van der Waals surface area contributed by atoms with Crippen molar-refractivity contribution in [3.63, 3.8) is 0 Å². The maximum Gasteiger partial charge on any atom is 0.201 e. The van der Waals surface area contributed by atoms with Crippen LogP contribution in [-0.2, 0) is 0 Å². The minimum atomic E-state index is 0.553. The van der Waals surface area contributed by atoms with Gasteiger partial charge in [0.15, 0.2) is 0 Å². The quantitative estimate of drug-likeness (QED) is 0.745. The molecule has 2 aromatic carbocycles. The van der Waals surface area contributed by atoms with Crippen LogP contribution in [0.2, 0.25) is 0 Å². The number of hydrogen-bond donors (Lipinski definition) is 0. The van der Waals surface area contributed by atoms with Gasteiger partial charge in [-0.25, -0.2) is 10.0 Å². The van der Waals surface area contributed by atoms with Crippen LogP contribution in [0.25, 0.3) is 0 Å². The van der Waals surface area contributed by atoms with Crippen LogP contribution in [0.15, 0.2) is 90.3 Å². The Kier molecular flexibility index (Phi) is 3.81. The molecule has 0 saturated heterocycles. The summed E-state index contributed by atoms with van der Waals surface area (Å²) in [5.74, 6) is 0.641. The van der Waals surface area contributed by atoms with Gasteiger partial charge in [0, 0.05) is 18.0 Å². The number of hydrazone groups is 1. The van der Waals surface area contributed by atoms with Gasteiger partial charge in [0.1, 0.15) is 6.67 Å². The SMILES string of the molecule is c1ccc(N2CN(c3ccccc3)N=C(c3cccnc3)[N]2)cc1. The van der Waals surface area contributed by atoms with Crippen molar-refractivity contribution in [3.8, 4) is 0 Å². The largest absolute Gasteiger partial charge is 0.264 e. The normalized spacial score (nSPS) is 14.1. The first-order valence-corrected chi connectivity index (χ1v) is 7.76. The van der Waals surface area contributed by atoms with E-state index < -0.39 is 0 Å². The highest BCUT2D eigenvalue weighted by molar-refractivity contribution is 6.00. The van der Waals surface area contributed by atoms with E-state index in [0.29, 0.717) is 12.5 Å². The molecule has 0 atom stereocenters. The Morgan fingerprint density at radius 2 is 1.38 bits per heavy atom. The summed E-state index contributed by atoms with van der Waals surface area (Å²) in [6.45, 7) is 0.553. The Labute approximate surface area is 140 Å². The Balaban J connectivity index is 1.73. The molecule has 3 aromatic rings. The van der Waals surface area contributed by atoms with Gasteiger partial charge in [-0.2, -0.15) is 0 Å². The Morgan fingerprint density at radius 1 is 0.708 bits per heavy atom. The third-order valence-corrected chi connectivity index (χ3v) is 3.73. The van der Waals surface area contributed by atoms with Gasteiger partial charge in [0.25, 0.3) is 0 Å². The average Bonchev–Trinajstić information content (AvgIpc) is 2.70. The van der Waals surface area contributed by atoms with Crippen molar-refractivity contribution in [1.82, 2.24) is 10.4 Å². The zero-order valence-corrected chi connectivity index (χ0v) is 13.0. The molecule has 0 spiro atoms. The summed E-state index contributed by atoms with van der Waals surface area (Å²) in [6, 6.07) is 24.0. The van der Waals surface area contributed by atoms with E-state index in [1.54, 1.807) is 12.4 Å². The zero-order valence-electron chi connectivity index (χ0n) is 13.0. The zero-order chi connectivity index (χ0) is 16.2. The van der Waals surface area contributed by atoms with Crippen LogP contribution in [0.4, 0.5) is 11.4 Å². The minimum absolute atomic E-state index is 0.553. The summed E-state index contributed by atoms with van der Waals surface area (Å²) in [6.07, 6.45) is 3.52. The molecule has 1 aromatic heterocycles. The first-order chi connectivity index (χ1) is 11.9. The first kappa shape index (κ1) is 14.3. The van der Waals surface area contributed by atoms with E-state index in [1.165, 1.54) is 0 Å². The molecule has 2 heterocycles. The Bertz CT molecular complexity index is 818. The Morgan fingerprint density at radius 3 is 2.00 bits per heavy atom. The van der Waals surface area contributed by atoms with Crippen molar-refractivity contribution in [3.05, 3.63) is 90.8 Å². The summed E-state index contributed by atoms with van der Waals surface area (Å²) in [7, 11) is 0. The third kappa shape index (κ3) is 2.92. The van der Waals surface area contributed by atoms with Gasteiger partial charge in [-0.3, -0.25) is 4.98 Å². The van der Waals surface area contributed by atoms with Gasteiger partial charge in [0.2, 0.25) is 5.84 Å². The number of hydrogen-bond acceptors (Lipinski definition) is 4. The lowest BCUT2D eigenvalue weighted by molar-refractivity contribution is 0.671. The number of benzene rings is 2. The second-order valence-electron chi connectivity index (χ2n) is 5.38. The summed E-state index contributed by atoms with van der Waals surface area (Å²) in [5, 5.41) is 8.59. The topological polar surface area (TPSA) is 45.8 Å². The highest BCUT2D eigenvalue weighted by atomic mass is 15.7. The van der Waals surface area contributed by atoms with Crippen LogP contribution in [0.1, 0.15) is 5.56 Å². The standard InChI is InChI=1S/C19H16N5/c1-3-9-17(10-4-1)23-15-24(18-11-5-2-6-12-18)22-19(21-23)16-8-7-13-20-14-16/h1-14H,15H2. The third-order valence-electron chi connectivity index (χ3n) is 3.73. The van der Waals surface area contributed by atoms with E-state index >= 15 is 0 Å². The van der Waals surface area contributed by atoms with E-state index in [2.05, 4.69) is 4.98 Å². The van der Waals surface area contributed by atoms with Gasteiger partial charge < -0.3 is 0 Å². The number of pyridine rings is 1. The second-order valence-corrected chi connectivity index (χ2v) is 5.38. The van der Waals surface area contributed by atoms with E-state index in [-0.39, 0.29) is 0 Å². The number of aromatic nitrogens is 1. The van der Waals surface area contributed by atoms with Gasteiger partial charge in [-0.15, -0.1) is 10.5 Å². The number of anilines is 2. The second kappa shape index (κ2) is 6.42. The van der Waals surface area contributed by atoms with Crippen LogP contribution in [0.5, 0.6) is 0 Å². The molecule has 24 heavy (non-hydrogen) atoms. The molecule has 1 aliphatic heterocycles. The van der Waals surface area contributed by atoms with Crippen molar-refractivity contribution in [2.24, 2.45) is 5.10 Å². The smallest absolute Gasteiger partial charge is 0.201 e. The molecule has 0 amide bonds. The maximum absolute atomic E-state index is 4.70. The predicted octanol–water partition coefficient (Wildman–Crippen LogP) is 3.25. The van der Waals surface area contributed by atoms with E-state index in [0.717, 1.165) is 16.9 Å². The average molecular weight is 314 g/mol. The van der Waals surface area contributed by atoms with Gasteiger partial charge in [-0.05, 0) is 36.4 Å². The van der Waals surface area contributed by atoms with E-state index in [9.17, 15) is 0 Å². The summed E-state index contributed by atoms with van der Waals surface area (Å²) >= 11 is 0. The molecule has 0 fully saturated rings. The van der Waals surface area contributed by atoms with Crippen molar-refractivity contribution in [2.45, 2.75) is 0 Å². The highest BCUT2D eigenvalue weighted by Crippen LogP contribution is 2.22. The summed E-state index contributed by atoms with van der Waals surface area (Å²) in [5.41, 5.74) is 7.63. The fraction of sp³-hybridized carbons (Fsp3) is 0.0526. The molecule has 1 aliphatic rings. The number of amidine groups is 1. The van der Waals surface area contributed by atoms with Gasteiger partial charge >= 0.3 is 0 Å². The summed E-state index contributed by atoms with van der Waals surface area (Å²) < 4.78 is 0. The van der Waals surface area contributed by atoms with Crippen LogP contribution < -0.4 is 15.4 Å². The molecule has 1 radical (unpaired) electrons. The number of nitrogens with zero attached hydrogens (tertiary/aromatic N) is 5. The molecule has 0 unspecified atom stereocenters. The molecule has 0 N–H and O–H groups in total. The fourth-order valence-corrected chi connectivity index (χ4v) is 2.53. The van der Waals surface area contributed by atoms with E-state index in [1.807, 2.05) is 82.8 Å². The monoisotopic (exact) mass is 314 g/mol. The fourth-order valence-electron chi connectivity index (χ4n) is 2.53. The molecular weight excluding hydrogens is 298 g/mol. The number of rotatable bonds is 3. The molecular formula is C19H16N5. The van der Waals surface area contributed by atoms with Crippen LogP contribution in [-0.4, -0.2) is 17.5 Å². The first-order valence-electron chi connectivity index (χ1n) is 7.76. The Hall–Kier alpha value is -3.34. The van der Waals surface area contributed by atoms with Crippen LogP contribution in [0.3, 0.4) is 0 Å². The highest BCUT2D eigenvalue weighted by Gasteiger charge is 2.23. The van der Waals surface area contributed by atoms with Gasteiger partial charge in [-0.1, -0.05) is 36.4 Å².